The van der Waals surface area contributed by atoms with Gasteiger partial charge in [-0.15, -0.1) is 0 Å². The molecule has 1 atom stereocenters. The summed E-state index contributed by atoms with van der Waals surface area (Å²) in [5, 5.41) is 0.766. The molecule has 3 rings (SSSR count). The quantitative estimate of drug-likeness (QED) is 0.514. The number of Topliss-reactive ketones (excluding diaryl/α,β-unsaturated/α-hetero) is 1. The number of amides is 1. The highest BCUT2D eigenvalue weighted by atomic mass is 35.5. The van der Waals surface area contributed by atoms with Gasteiger partial charge in [0.2, 0.25) is 0 Å². The Kier molecular flexibility index (Phi) is 7.80. The van der Waals surface area contributed by atoms with E-state index in [1.807, 2.05) is 13.8 Å². The van der Waals surface area contributed by atoms with Crippen LogP contribution in [0.3, 0.4) is 0 Å². The number of guanidine groups is 1. The maximum atomic E-state index is 14.7. The van der Waals surface area contributed by atoms with Crippen molar-refractivity contribution in [3.63, 3.8) is 0 Å². The second-order valence-electron chi connectivity index (χ2n) is 9.09. The summed E-state index contributed by atoms with van der Waals surface area (Å²) in [6.07, 6.45) is 1.17. The van der Waals surface area contributed by atoms with Crippen molar-refractivity contribution < 1.29 is 14.0 Å². The third kappa shape index (κ3) is 5.92. The van der Waals surface area contributed by atoms with E-state index in [-0.39, 0.29) is 49.4 Å². The van der Waals surface area contributed by atoms with Gasteiger partial charge in [-0.25, -0.2) is 9.38 Å². The zero-order valence-electron chi connectivity index (χ0n) is 19.0. The first kappa shape index (κ1) is 25.2. The summed E-state index contributed by atoms with van der Waals surface area (Å²) in [4.78, 5) is 31.0. The van der Waals surface area contributed by atoms with Gasteiger partial charge in [0.1, 0.15) is 17.1 Å². The number of rotatable bonds is 9. The number of carbonyl (C=O) groups is 2. The predicted octanol–water partition coefficient (Wildman–Crippen LogP) is 5.34. The van der Waals surface area contributed by atoms with Gasteiger partial charge in [0.15, 0.2) is 5.96 Å². The smallest absolute Gasteiger partial charge is 0.257 e. The van der Waals surface area contributed by atoms with Crippen LogP contribution >= 0.6 is 23.2 Å². The number of benzene rings is 2. The Hall–Kier alpha value is -2.44. The predicted molar refractivity (Wildman–Crippen MR) is 130 cm³/mol. The van der Waals surface area contributed by atoms with E-state index in [0.717, 1.165) is 0 Å². The zero-order chi connectivity index (χ0) is 24.3. The Morgan fingerprint density at radius 2 is 1.94 bits per heavy atom. The fraction of sp³-hybridized carbons (Fsp3) is 0.400. The molecule has 0 saturated heterocycles. The first-order chi connectivity index (χ1) is 15.5. The molecule has 176 valence electrons. The Balaban J connectivity index is 1.61. The van der Waals surface area contributed by atoms with Gasteiger partial charge in [-0.2, -0.15) is 0 Å². The van der Waals surface area contributed by atoms with E-state index < -0.39 is 11.4 Å². The van der Waals surface area contributed by atoms with Gasteiger partial charge in [-0.05, 0) is 54.5 Å². The normalized spacial score (nSPS) is 18.2. The van der Waals surface area contributed by atoms with Crippen molar-refractivity contribution in [2.75, 3.05) is 0 Å². The molecule has 0 aromatic heterocycles. The lowest BCUT2D eigenvalue weighted by atomic mass is 9.91. The maximum absolute atomic E-state index is 14.7. The zero-order valence-corrected chi connectivity index (χ0v) is 20.5. The molecule has 1 aliphatic rings. The fourth-order valence-electron chi connectivity index (χ4n) is 4.17. The molecule has 1 unspecified atom stereocenters. The third-order valence-corrected chi connectivity index (χ3v) is 6.56. The van der Waals surface area contributed by atoms with Gasteiger partial charge in [-0.3, -0.25) is 14.5 Å². The molecular weight excluding hydrogens is 464 g/mol. The molecule has 1 aliphatic heterocycles. The van der Waals surface area contributed by atoms with Gasteiger partial charge in [0.05, 0.1) is 16.6 Å². The number of hydrogen-bond acceptors (Lipinski definition) is 4. The number of nitrogens with two attached hydrogens (primary N) is 1. The van der Waals surface area contributed by atoms with E-state index in [1.54, 1.807) is 37.3 Å². The molecule has 1 heterocycles. The first-order valence-corrected chi connectivity index (χ1v) is 11.6. The minimum absolute atomic E-state index is 0.0567. The van der Waals surface area contributed by atoms with Gasteiger partial charge in [0.25, 0.3) is 5.91 Å². The topological polar surface area (TPSA) is 75.8 Å². The second kappa shape index (κ2) is 10.2. The Morgan fingerprint density at radius 3 is 2.61 bits per heavy atom. The van der Waals surface area contributed by atoms with Crippen LogP contribution in [0.25, 0.3) is 0 Å². The standard InChI is InChI=1S/C25H28Cl2FN3O2/c1-15(2)13-25(3)23(33)31(24(29)30-25)14-16-7-8-17(21(28)11-16)9-10-19(32)12-18-5-4-6-20(26)22(18)27/h4-8,11,15H,9-10,12-14H2,1-3H3,(H2,29,30). The van der Waals surface area contributed by atoms with Crippen LogP contribution in [0.4, 0.5) is 4.39 Å². The monoisotopic (exact) mass is 491 g/mol. The van der Waals surface area contributed by atoms with Crippen molar-refractivity contribution in [2.24, 2.45) is 16.6 Å². The lowest BCUT2D eigenvalue weighted by Gasteiger charge is -2.23. The summed E-state index contributed by atoms with van der Waals surface area (Å²) in [7, 11) is 0. The van der Waals surface area contributed by atoms with Gasteiger partial charge >= 0.3 is 0 Å². The highest BCUT2D eigenvalue weighted by molar-refractivity contribution is 6.42. The number of nitrogens with zero attached hydrogens (tertiary/aromatic N) is 2. The molecule has 2 N–H and O–H groups in total. The SMILES string of the molecule is CC(C)CC1(C)N=C(N)N(Cc2ccc(CCC(=O)Cc3cccc(Cl)c3Cl)c(F)c2)C1=O. The molecule has 2 aromatic carbocycles. The Labute approximate surface area is 203 Å². The van der Waals surface area contributed by atoms with Gasteiger partial charge < -0.3 is 5.73 Å². The van der Waals surface area contributed by atoms with Crippen molar-refractivity contribution in [2.45, 2.75) is 58.5 Å². The maximum Gasteiger partial charge on any atom is 0.257 e. The number of ketones is 1. The van der Waals surface area contributed by atoms with E-state index in [1.165, 1.54) is 11.0 Å². The van der Waals surface area contributed by atoms with Crippen molar-refractivity contribution in [3.05, 3.63) is 69.0 Å². The van der Waals surface area contributed by atoms with E-state index in [4.69, 9.17) is 28.9 Å². The lowest BCUT2D eigenvalue weighted by molar-refractivity contribution is -0.131. The molecule has 0 spiro atoms. The molecule has 33 heavy (non-hydrogen) atoms. The number of halogens is 3. The van der Waals surface area contributed by atoms with E-state index in [2.05, 4.69) is 4.99 Å². The summed E-state index contributed by atoms with van der Waals surface area (Å²) in [6.45, 7) is 5.97. The van der Waals surface area contributed by atoms with Crippen LogP contribution in [0.15, 0.2) is 41.4 Å². The summed E-state index contributed by atoms with van der Waals surface area (Å²) in [5.41, 5.74) is 6.82. The highest BCUT2D eigenvalue weighted by Crippen LogP contribution is 2.30. The average Bonchev–Trinajstić information content (AvgIpc) is 2.93. The van der Waals surface area contributed by atoms with Crippen LogP contribution in [-0.4, -0.2) is 28.1 Å². The van der Waals surface area contributed by atoms with Crippen molar-refractivity contribution in [1.82, 2.24) is 4.90 Å². The van der Waals surface area contributed by atoms with Crippen LogP contribution in [-0.2, 0) is 29.0 Å². The van der Waals surface area contributed by atoms with Crippen molar-refractivity contribution in [1.29, 1.82) is 0 Å². The molecule has 0 fully saturated rings. The van der Waals surface area contributed by atoms with Crippen molar-refractivity contribution >= 4 is 40.9 Å². The molecule has 0 saturated carbocycles. The molecule has 0 radical (unpaired) electrons. The number of aryl methyl sites for hydroxylation is 1. The molecule has 2 aromatic rings. The van der Waals surface area contributed by atoms with Crippen LogP contribution in [0.5, 0.6) is 0 Å². The molecule has 1 amide bonds. The average molecular weight is 492 g/mol. The van der Waals surface area contributed by atoms with Crippen LogP contribution < -0.4 is 5.73 Å². The molecule has 8 heteroatoms. The van der Waals surface area contributed by atoms with E-state index in [9.17, 15) is 14.0 Å². The second-order valence-corrected chi connectivity index (χ2v) is 9.87. The number of aliphatic imine (C=N–C) groups is 1. The highest BCUT2D eigenvalue weighted by Gasteiger charge is 2.44. The van der Waals surface area contributed by atoms with Gasteiger partial charge in [0, 0.05) is 12.8 Å². The molecule has 0 bridgehead atoms. The van der Waals surface area contributed by atoms with E-state index >= 15 is 0 Å². The fourth-order valence-corrected chi connectivity index (χ4v) is 4.56. The molecule has 0 aliphatic carbocycles. The summed E-state index contributed by atoms with van der Waals surface area (Å²) in [6, 6.07) is 9.92. The first-order valence-electron chi connectivity index (χ1n) is 10.9. The number of carbonyl (C=O) groups excluding carboxylic acids is 2. The van der Waals surface area contributed by atoms with Crippen LogP contribution in [0, 0.1) is 11.7 Å². The summed E-state index contributed by atoms with van der Waals surface area (Å²) in [5.74, 6) is -0.224. The van der Waals surface area contributed by atoms with Crippen LogP contribution in [0.1, 0.15) is 50.3 Å². The molecule has 5 nitrogen and oxygen atoms in total. The minimum Gasteiger partial charge on any atom is -0.369 e. The minimum atomic E-state index is -0.886. The summed E-state index contributed by atoms with van der Waals surface area (Å²) >= 11 is 12.1. The number of hydrogen-bond donors (Lipinski definition) is 1. The lowest BCUT2D eigenvalue weighted by Crippen LogP contribution is -2.43. The third-order valence-electron chi connectivity index (χ3n) is 5.70. The summed E-state index contributed by atoms with van der Waals surface area (Å²) < 4.78 is 14.7. The van der Waals surface area contributed by atoms with Crippen molar-refractivity contribution in [3.8, 4) is 0 Å². The Bertz CT molecular complexity index is 1100. The largest absolute Gasteiger partial charge is 0.369 e. The van der Waals surface area contributed by atoms with Crippen LogP contribution in [0.2, 0.25) is 10.0 Å². The van der Waals surface area contributed by atoms with E-state index in [0.29, 0.717) is 33.2 Å². The molecular formula is C25H28Cl2FN3O2. The Morgan fingerprint density at radius 1 is 1.21 bits per heavy atom. The van der Waals surface area contributed by atoms with Gasteiger partial charge in [-0.1, -0.05) is 61.3 Å².